The van der Waals surface area contributed by atoms with Crippen molar-refractivity contribution in [1.82, 2.24) is 10.3 Å². The van der Waals surface area contributed by atoms with Crippen LogP contribution in [0.5, 0.6) is 0 Å². The van der Waals surface area contributed by atoms with Crippen molar-refractivity contribution in [2.24, 2.45) is 0 Å². The number of aliphatic carboxylic acids is 1. The van der Waals surface area contributed by atoms with Crippen LogP contribution in [0.2, 0.25) is 0 Å². The lowest BCUT2D eigenvalue weighted by Crippen LogP contribution is -2.40. The minimum absolute atomic E-state index is 0.378. The van der Waals surface area contributed by atoms with Gasteiger partial charge in [-0.15, -0.1) is 0 Å². The molecule has 110 valence electrons. The van der Waals surface area contributed by atoms with Crippen molar-refractivity contribution in [3.8, 4) is 0 Å². The molecule has 21 heavy (non-hydrogen) atoms. The second-order valence-corrected chi connectivity index (χ2v) is 4.88. The highest BCUT2D eigenvalue weighted by atomic mass is 16.4. The van der Waals surface area contributed by atoms with Gasteiger partial charge in [0.1, 0.15) is 6.04 Å². The van der Waals surface area contributed by atoms with E-state index in [4.69, 9.17) is 0 Å². The Balaban J connectivity index is 2.23. The molecule has 5 heteroatoms. The van der Waals surface area contributed by atoms with E-state index in [1.807, 2.05) is 25.1 Å². The van der Waals surface area contributed by atoms with Crippen molar-refractivity contribution in [3.05, 3.63) is 42.1 Å². The summed E-state index contributed by atoms with van der Waals surface area (Å²) < 4.78 is 0. The van der Waals surface area contributed by atoms with Crippen molar-refractivity contribution in [2.45, 2.75) is 32.2 Å². The topological polar surface area (TPSA) is 79.3 Å². The first-order valence-electron chi connectivity index (χ1n) is 7.01. The third-order valence-electron chi connectivity index (χ3n) is 3.34. The molecule has 0 saturated heterocycles. The van der Waals surface area contributed by atoms with Gasteiger partial charge in [-0.05, 0) is 18.6 Å². The zero-order valence-corrected chi connectivity index (χ0v) is 11.9. The summed E-state index contributed by atoms with van der Waals surface area (Å²) in [5.74, 6) is -1.38. The van der Waals surface area contributed by atoms with E-state index in [0.29, 0.717) is 17.5 Å². The number of pyridine rings is 1. The molecule has 1 heterocycles. The highest BCUT2D eigenvalue weighted by molar-refractivity contribution is 6.06. The molecule has 1 aromatic carbocycles. The molecule has 0 bridgehead atoms. The molecule has 2 aromatic rings. The lowest BCUT2D eigenvalue weighted by atomic mass is 10.1. The molecular weight excluding hydrogens is 268 g/mol. The van der Waals surface area contributed by atoms with Crippen LogP contribution in [0.1, 0.15) is 36.5 Å². The van der Waals surface area contributed by atoms with Gasteiger partial charge in [-0.3, -0.25) is 9.78 Å². The number of benzene rings is 1. The fraction of sp³-hybridized carbons (Fsp3) is 0.312. The summed E-state index contributed by atoms with van der Waals surface area (Å²) in [7, 11) is 0. The minimum atomic E-state index is -1.00. The maximum atomic E-state index is 12.3. The Morgan fingerprint density at radius 2 is 2.05 bits per heavy atom. The molecule has 0 aliphatic carbocycles. The predicted molar refractivity (Wildman–Crippen MR) is 80.2 cm³/mol. The molecule has 2 N–H and O–H groups in total. The van der Waals surface area contributed by atoms with Gasteiger partial charge in [0, 0.05) is 11.6 Å². The quantitative estimate of drug-likeness (QED) is 0.855. The summed E-state index contributed by atoms with van der Waals surface area (Å²) in [6, 6.07) is 8.04. The van der Waals surface area contributed by atoms with Crippen LogP contribution in [0.25, 0.3) is 10.9 Å². The molecule has 0 aliphatic heterocycles. The smallest absolute Gasteiger partial charge is 0.326 e. The number of carboxylic acid groups (broad SMARTS) is 1. The van der Waals surface area contributed by atoms with Gasteiger partial charge in [-0.2, -0.15) is 0 Å². The van der Waals surface area contributed by atoms with Crippen LogP contribution in [-0.4, -0.2) is 28.0 Å². The number of nitrogens with zero attached hydrogens (tertiary/aromatic N) is 1. The monoisotopic (exact) mass is 286 g/mol. The summed E-state index contributed by atoms with van der Waals surface area (Å²) in [5, 5.41) is 12.5. The van der Waals surface area contributed by atoms with Gasteiger partial charge in [0.15, 0.2) is 0 Å². The second kappa shape index (κ2) is 6.83. The van der Waals surface area contributed by atoms with E-state index >= 15 is 0 Å². The molecule has 0 aliphatic rings. The number of fused-ring (bicyclic) bond motifs is 1. The predicted octanol–water partition coefficient (Wildman–Crippen LogP) is 2.61. The zero-order valence-electron chi connectivity index (χ0n) is 11.9. The zero-order chi connectivity index (χ0) is 15.2. The van der Waals surface area contributed by atoms with Gasteiger partial charge in [-0.25, -0.2) is 4.79 Å². The van der Waals surface area contributed by atoms with Crippen LogP contribution in [0.15, 0.2) is 36.5 Å². The Labute approximate surface area is 123 Å². The minimum Gasteiger partial charge on any atom is -0.480 e. The van der Waals surface area contributed by atoms with Crippen LogP contribution in [0.3, 0.4) is 0 Å². The Hall–Kier alpha value is -2.43. The lowest BCUT2D eigenvalue weighted by Gasteiger charge is -2.14. The second-order valence-electron chi connectivity index (χ2n) is 4.88. The van der Waals surface area contributed by atoms with Gasteiger partial charge < -0.3 is 10.4 Å². The number of carboxylic acids is 1. The number of hydrogen-bond acceptors (Lipinski definition) is 3. The number of hydrogen-bond donors (Lipinski definition) is 2. The van der Waals surface area contributed by atoms with E-state index in [-0.39, 0.29) is 5.91 Å². The number of para-hydroxylation sites is 1. The van der Waals surface area contributed by atoms with Crippen molar-refractivity contribution < 1.29 is 14.7 Å². The first-order chi connectivity index (χ1) is 10.1. The molecule has 1 amide bonds. The SMILES string of the molecule is CCCC[C@H](NC(=O)c1ccnc2ccccc12)C(=O)O. The molecule has 0 fully saturated rings. The average molecular weight is 286 g/mol. The summed E-state index contributed by atoms with van der Waals surface area (Å²) in [5.41, 5.74) is 1.16. The van der Waals surface area contributed by atoms with Gasteiger partial charge in [0.2, 0.25) is 0 Å². The number of carbonyl (C=O) groups is 2. The Morgan fingerprint density at radius 3 is 2.76 bits per heavy atom. The van der Waals surface area contributed by atoms with Crippen LogP contribution >= 0.6 is 0 Å². The van der Waals surface area contributed by atoms with Crippen molar-refractivity contribution in [1.29, 1.82) is 0 Å². The summed E-state index contributed by atoms with van der Waals surface area (Å²) in [4.78, 5) is 27.7. The number of aromatic nitrogens is 1. The number of rotatable bonds is 6. The Morgan fingerprint density at radius 1 is 1.29 bits per heavy atom. The average Bonchev–Trinajstić information content (AvgIpc) is 2.50. The van der Waals surface area contributed by atoms with E-state index in [9.17, 15) is 14.7 Å². The van der Waals surface area contributed by atoms with E-state index in [1.54, 1.807) is 18.3 Å². The van der Waals surface area contributed by atoms with E-state index in [0.717, 1.165) is 18.2 Å². The summed E-state index contributed by atoms with van der Waals surface area (Å²) in [6.45, 7) is 1.98. The largest absolute Gasteiger partial charge is 0.480 e. The summed E-state index contributed by atoms with van der Waals surface area (Å²) >= 11 is 0. The molecule has 1 atom stereocenters. The third-order valence-corrected chi connectivity index (χ3v) is 3.34. The van der Waals surface area contributed by atoms with Gasteiger partial charge >= 0.3 is 5.97 Å². The molecule has 5 nitrogen and oxygen atoms in total. The van der Waals surface area contributed by atoms with Gasteiger partial charge in [0.05, 0.1) is 11.1 Å². The van der Waals surface area contributed by atoms with Gasteiger partial charge in [-0.1, -0.05) is 38.0 Å². The van der Waals surface area contributed by atoms with Crippen LogP contribution in [0.4, 0.5) is 0 Å². The first-order valence-corrected chi connectivity index (χ1v) is 7.01. The van der Waals surface area contributed by atoms with Gasteiger partial charge in [0.25, 0.3) is 5.91 Å². The Kier molecular flexibility index (Phi) is 4.87. The number of unbranched alkanes of at least 4 members (excludes halogenated alkanes) is 1. The molecule has 0 spiro atoms. The molecule has 0 saturated carbocycles. The van der Waals surface area contributed by atoms with Crippen LogP contribution < -0.4 is 5.32 Å². The van der Waals surface area contributed by atoms with Crippen molar-refractivity contribution in [3.63, 3.8) is 0 Å². The molecular formula is C16H18N2O3. The highest BCUT2D eigenvalue weighted by Crippen LogP contribution is 2.16. The molecule has 0 radical (unpaired) electrons. The highest BCUT2D eigenvalue weighted by Gasteiger charge is 2.21. The maximum Gasteiger partial charge on any atom is 0.326 e. The fourth-order valence-electron chi connectivity index (χ4n) is 2.20. The maximum absolute atomic E-state index is 12.3. The van der Waals surface area contributed by atoms with Crippen LogP contribution in [-0.2, 0) is 4.79 Å². The molecule has 2 rings (SSSR count). The number of nitrogens with one attached hydrogen (secondary N) is 1. The standard InChI is InChI=1S/C16H18N2O3/c1-2-3-7-14(16(20)21)18-15(19)12-9-10-17-13-8-5-4-6-11(12)13/h4-6,8-10,14H,2-3,7H2,1H3,(H,18,19)(H,20,21)/t14-/m0/s1. The van der Waals surface area contributed by atoms with E-state index < -0.39 is 12.0 Å². The summed E-state index contributed by atoms with van der Waals surface area (Å²) in [6.07, 6.45) is 3.63. The fourth-order valence-corrected chi connectivity index (χ4v) is 2.20. The molecule has 0 unspecified atom stereocenters. The van der Waals surface area contributed by atoms with Crippen molar-refractivity contribution >= 4 is 22.8 Å². The number of carbonyl (C=O) groups excluding carboxylic acids is 1. The van der Waals surface area contributed by atoms with E-state index in [2.05, 4.69) is 10.3 Å². The first kappa shape index (κ1) is 15.0. The normalized spacial score (nSPS) is 12.0. The van der Waals surface area contributed by atoms with Crippen LogP contribution in [0, 0.1) is 0 Å². The lowest BCUT2D eigenvalue weighted by molar-refractivity contribution is -0.139. The number of amides is 1. The molecule has 1 aromatic heterocycles. The Bertz CT molecular complexity index is 650. The third kappa shape index (κ3) is 3.56. The van der Waals surface area contributed by atoms with E-state index in [1.165, 1.54) is 0 Å². The van der Waals surface area contributed by atoms with Crippen molar-refractivity contribution in [2.75, 3.05) is 0 Å².